The highest BCUT2D eigenvalue weighted by atomic mass is 16.6. The second-order valence-electron chi connectivity index (χ2n) is 6.81. The first-order valence-electron chi connectivity index (χ1n) is 11.3. The second-order valence-corrected chi connectivity index (χ2v) is 6.81. The number of rotatable bonds is 23. The molecule has 0 saturated carbocycles. The minimum absolute atomic E-state index is 0.00474. The molecule has 0 saturated heterocycles. The van der Waals surface area contributed by atoms with Crippen LogP contribution in [0.2, 0.25) is 0 Å². The maximum absolute atomic E-state index is 11.6. The molecule has 0 fully saturated rings. The number of ether oxygens (including phenoxy) is 7. The standard InChI is InChI=1S/C23H37NO10/c25-22(26)6-8-28-10-12-30-14-16-32-18-19-33-17-15-31-13-11-29-9-7-24-23(27)34-20-21-4-2-1-3-5-21/h1-5H,6-20H2,(H,24,27)(H,25,26). The number of carboxylic acid groups (broad SMARTS) is 1. The van der Waals surface area contributed by atoms with E-state index in [2.05, 4.69) is 5.32 Å². The van der Waals surface area contributed by atoms with Crippen LogP contribution < -0.4 is 5.32 Å². The van der Waals surface area contributed by atoms with Gasteiger partial charge in [-0.15, -0.1) is 0 Å². The molecule has 1 amide bonds. The van der Waals surface area contributed by atoms with E-state index in [1.807, 2.05) is 30.3 Å². The molecule has 2 N–H and O–H groups in total. The fourth-order valence-electron chi connectivity index (χ4n) is 2.36. The minimum atomic E-state index is -0.877. The molecule has 34 heavy (non-hydrogen) atoms. The molecular formula is C23H37NO10. The Morgan fingerprint density at radius 2 is 1.09 bits per heavy atom. The van der Waals surface area contributed by atoms with Gasteiger partial charge in [0.1, 0.15) is 6.61 Å². The summed E-state index contributed by atoms with van der Waals surface area (Å²) < 4.78 is 37.0. The molecule has 0 bridgehead atoms. The first kappa shape index (κ1) is 29.8. The lowest BCUT2D eigenvalue weighted by Crippen LogP contribution is -2.28. The monoisotopic (exact) mass is 487 g/mol. The number of hydrogen-bond acceptors (Lipinski definition) is 9. The topological polar surface area (TPSA) is 131 Å². The van der Waals surface area contributed by atoms with Gasteiger partial charge < -0.3 is 43.6 Å². The lowest BCUT2D eigenvalue weighted by Gasteiger charge is -2.09. The van der Waals surface area contributed by atoms with Crippen molar-refractivity contribution in [2.75, 3.05) is 85.8 Å². The molecule has 1 aromatic rings. The van der Waals surface area contributed by atoms with Crippen molar-refractivity contribution in [2.45, 2.75) is 13.0 Å². The Morgan fingerprint density at radius 3 is 1.56 bits per heavy atom. The van der Waals surface area contributed by atoms with Gasteiger partial charge >= 0.3 is 12.1 Å². The van der Waals surface area contributed by atoms with Crippen molar-refractivity contribution in [3.63, 3.8) is 0 Å². The summed E-state index contributed by atoms with van der Waals surface area (Å²) in [6.45, 7) is 5.52. The third kappa shape index (κ3) is 20.3. The van der Waals surface area contributed by atoms with Crippen LogP contribution >= 0.6 is 0 Å². The number of carbonyl (C=O) groups excluding carboxylic acids is 1. The molecule has 1 aromatic carbocycles. The lowest BCUT2D eigenvalue weighted by atomic mass is 10.2. The summed E-state index contributed by atoms with van der Waals surface area (Å²) in [5.74, 6) is -0.877. The van der Waals surface area contributed by atoms with E-state index in [1.165, 1.54) is 0 Å². The largest absolute Gasteiger partial charge is 0.481 e. The zero-order valence-corrected chi connectivity index (χ0v) is 19.6. The molecule has 0 radical (unpaired) electrons. The summed E-state index contributed by atoms with van der Waals surface area (Å²) in [7, 11) is 0. The van der Waals surface area contributed by atoms with Crippen LogP contribution in [0.25, 0.3) is 0 Å². The average molecular weight is 488 g/mol. The fraction of sp³-hybridized carbons (Fsp3) is 0.652. The average Bonchev–Trinajstić information content (AvgIpc) is 2.84. The van der Waals surface area contributed by atoms with Crippen molar-refractivity contribution in [2.24, 2.45) is 0 Å². The molecule has 0 atom stereocenters. The van der Waals surface area contributed by atoms with Crippen molar-refractivity contribution in [3.05, 3.63) is 35.9 Å². The number of carbonyl (C=O) groups is 2. The summed E-state index contributed by atoms with van der Waals surface area (Å²) in [5, 5.41) is 11.1. The van der Waals surface area contributed by atoms with E-state index in [0.29, 0.717) is 79.2 Å². The van der Waals surface area contributed by atoms with Crippen LogP contribution in [0.1, 0.15) is 12.0 Å². The molecule has 0 unspecified atom stereocenters. The highest BCUT2D eigenvalue weighted by Gasteiger charge is 2.01. The Kier molecular flexibility index (Phi) is 19.7. The van der Waals surface area contributed by atoms with Crippen LogP contribution in [0.5, 0.6) is 0 Å². The molecule has 0 spiro atoms. The fourth-order valence-corrected chi connectivity index (χ4v) is 2.36. The molecule has 11 heteroatoms. The second kappa shape index (κ2) is 22.5. The smallest absolute Gasteiger partial charge is 0.407 e. The number of amides is 1. The summed E-state index contributed by atoms with van der Waals surface area (Å²) >= 11 is 0. The molecule has 1 rings (SSSR count). The Morgan fingerprint density at radius 1 is 0.647 bits per heavy atom. The zero-order valence-electron chi connectivity index (χ0n) is 19.6. The number of alkyl carbamates (subject to hydrolysis) is 1. The predicted molar refractivity (Wildman–Crippen MR) is 122 cm³/mol. The first-order chi connectivity index (χ1) is 16.7. The van der Waals surface area contributed by atoms with Gasteiger partial charge in [0.25, 0.3) is 0 Å². The van der Waals surface area contributed by atoms with E-state index in [9.17, 15) is 9.59 Å². The third-order valence-corrected chi connectivity index (χ3v) is 4.05. The van der Waals surface area contributed by atoms with Gasteiger partial charge in [-0.1, -0.05) is 30.3 Å². The van der Waals surface area contributed by atoms with Crippen LogP contribution in [0.15, 0.2) is 30.3 Å². The quantitative estimate of drug-likeness (QED) is 0.219. The van der Waals surface area contributed by atoms with Crippen molar-refractivity contribution >= 4 is 12.1 Å². The van der Waals surface area contributed by atoms with Gasteiger partial charge in [0.2, 0.25) is 0 Å². The molecule has 0 aliphatic heterocycles. The highest BCUT2D eigenvalue weighted by Crippen LogP contribution is 2.00. The predicted octanol–water partition coefficient (Wildman–Crippen LogP) is 1.49. The van der Waals surface area contributed by atoms with Gasteiger partial charge in [0.05, 0.1) is 85.7 Å². The van der Waals surface area contributed by atoms with Gasteiger partial charge in [0.15, 0.2) is 0 Å². The number of benzene rings is 1. The van der Waals surface area contributed by atoms with Crippen molar-refractivity contribution in [1.29, 1.82) is 0 Å². The molecule has 0 aliphatic carbocycles. The van der Waals surface area contributed by atoms with E-state index in [0.717, 1.165) is 5.56 Å². The van der Waals surface area contributed by atoms with Crippen molar-refractivity contribution in [3.8, 4) is 0 Å². The third-order valence-electron chi connectivity index (χ3n) is 4.05. The van der Waals surface area contributed by atoms with Gasteiger partial charge in [-0.3, -0.25) is 4.79 Å². The number of carboxylic acids is 1. The van der Waals surface area contributed by atoms with Gasteiger partial charge in [-0.2, -0.15) is 0 Å². The summed E-state index contributed by atoms with van der Waals surface area (Å²) in [5.41, 5.74) is 0.933. The maximum atomic E-state index is 11.6. The van der Waals surface area contributed by atoms with Crippen LogP contribution in [0, 0.1) is 0 Å². The Bertz CT molecular complexity index is 617. The Balaban J connectivity index is 1.70. The van der Waals surface area contributed by atoms with Crippen molar-refractivity contribution in [1.82, 2.24) is 5.32 Å². The Labute approximate surface area is 200 Å². The van der Waals surface area contributed by atoms with Crippen LogP contribution in [0.3, 0.4) is 0 Å². The molecule has 0 aromatic heterocycles. The number of hydrogen-bond donors (Lipinski definition) is 2. The van der Waals surface area contributed by atoms with Gasteiger partial charge in [-0.05, 0) is 5.56 Å². The zero-order chi connectivity index (χ0) is 24.5. The summed E-state index contributed by atoms with van der Waals surface area (Å²) in [6, 6.07) is 9.47. The lowest BCUT2D eigenvalue weighted by molar-refractivity contribution is -0.138. The number of aliphatic carboxylic acids is 1. The normalized spacial score (nSPS) is 10.8. The Hall–Kier alpha value is -2.28. The molecule has 11 nitrogen and oxygen atoms in total. The molecule has 0 heterocycles. The number of nitrogens with one attached hydrogen (secondary N) is 1. The van der Waals surface area contributed by atoms with E-state index < -0.39 is 12.1 Å². The van der Waals surface area contributed by atoms with Crippen LogP contribution in [0.4, 0.5) is 4.79 Å². The summed E-state index contributed by atoms with van der Waals surface area (Å²) in [6.07, 6.45) is -0.480. The van der Waals surface area contributed by atoms with Gasteiger partial charge in [0, 0.05) is 6.54 Å². The van der Waals surface area contributed by atoms with E-state index in [1.54, 1.807) is 0 Å². The highest BCUT2D eigenvalue weighted by molar-refractivity contribution is 5.67. The molecule has 194 valence electrons. The van der Waals surface area contributed by atoms with E-state index >= 15 is 0 Å². The van der Waals surface area contributed by atoms with E-state index in [-0.39, 0.29) is 19.6 Å². The maximum Gasteiger partial charge on any atom is 0.407 e. The van der Waals surface area contributed by atoms with Crippen molar-refractivity contribution < 1.29 is 47.9 Å². The molecule has 0 aliphatic rings. The molecular weight excluding hydrogens is 450 g/mol. The van der Waals surface area contributed by atoms with Crippen LogP contribution in [-0.2, 0) is 44.6 Å². The SMILES string of the molecule is O=C(O)CCOCCOCCOCCOCCOCCOCCNC(=O)OCc1ccccc1. The minimum Gasteiger partial charge on any atom is -0.481 e. The van der Waals surface area contributed by atoms with Crippen LogP contribution in [-0.4, -0.2) is 103 Å². The first-order valence-corrected chi connectivity index (χ1v) is 11.3. The van der Waals surface area contributed by atoms with Gasteiger partial charge in [-0.25, -0.2) is 4.79 Å². The summed E-state index contributed by atoms with van der Waals surface area (Å²) in [4.78, 5) is 21.9. The van der Waals surface area contributed by atoms with E-state index in [4.69, 9.17) is 38.3 Å².